The van der Waals surface area contributed by atoms with E-state index in [2.05, 4.69) is 5.32 Å². The Morgan fingerprint density at radius 1 is 1.12 bits per heavy atom. The van der Waals surface area contributed by atoms with Crippen LogP contribution in [0.5, 0.6) is 0 Å². The summed E-state index contributed by atoms with van der Waals surface area (Å²) in [5.41, 5.74) is 0.662. The van der Waals surface area contributed by atoms with E-state index >= 15 is 0 Å². The van der Waals surface area contributed by atoms with E-state index in [0.29, 0.717) is 11.6 Å². The molecule has 126 valence electrons. The minimum atomic E-state index is -0.352. The zero-order valence-corrected chi connectivity index (χ0v) is 13.5. The van der Waals surface area contributed by atoms with Gasteiger partial charge in [-0.3, -0.25) is 14.5 Å². The number of fused-ring (bicyclic) bond motifs is 3. The third kappa shape index (κ3) is 2.46. The largest absolute Gasteiger partial charge is 0.328 e. The molecule has 0 spiro atoms. The molecule has 3 fully saturated rings. The maximum atomic E-state index is 12.7. The van der Waals surface area contributed by atoms with Gasteiger partial charge in [-0.25, -0.2) is 4.79 Å². The Balaban J connectivity index is 1.45. The number of hydrogen-bond acceptors (Lipinski definition) is 3. The molecule has 2 aliphatic heterocycles. The number of hydrogen-bond donors (Lipinski definition) is 1. The molecule has 4 amide bonds. The maximum absolute atomic E-state index is 12.7. The number of benzene rings is 1. The van der Waals surface area contributed by atoms with Crippen LogP contribution in [0.4, 0.5) is 10.5 Å². The summed E-state index contributed by atoms with van der Waals surface area (Å²) in [7, 11) is 0. The summed E-state index contributed by atoms with van der Waals surface area (Å²) >= 11 is 0. The van der Waals surface area contributed by atoms with Gasteiger partial charge in [-0.15, -0.1) is 0 Å². The van der Waals surface area contributed by atoms with Crippen LogP contribution in [0.25, 0.3) is 0 Å². The SMILES string of the molecule is O=C(CN1C(=O)C2CC3CCCCC3N2C1=O)Nc1ccccc1. The third-order valence-electron chi connectivity index (χ3n) is 5.45. The predicted molar refractivity (Wildman–Crippen MR) is 88.2 cm³/mol. The summed E-state index contributed by atoms with van der Waals surface area (Å²) in [5.74, 6) is -0.0983. The van der Waals surface area contributed by atoms with Gasteiger partial charge in [0.15, 0.2) is 0 Å². The van der Waals surface area contributed by atoms with Crippen LogP contribution >= 0.6 is 0 Å². The summed E-state index contributed by atoms with van der Waals surface area (Å²) in [4.78, 5) is 40.4. The molecule has 0 radical (unpaired) electrons. The number of anilines is 1. The zero-order valence-electron chi connectivity index (χ0n) is 13.5. The second-order valence-electron chi connectivity index (χ2n) is 6.89. The number of para-hydroxylation sites is 1. The van der Waals surface area contributed by atoms with Gasteiger partial charge >= 0.3 is 6.03 Å². The average molecular weight is 327 g/mol. The summed E-state index contributed by atoms with van der Waals surface area (Å²) in [6.07, 6.45) is 5.14. The highest BCUT2D eigenvalue weighted by Gasteiger charge is 2.55. The first-order valence-corrected chi connectivity index (χ1v) is 8.64. The molecule has 1 saturated carbocycles. The van der Waals surface area contributed by atoms with Gasteiger partial charge in [0.25, 0.3) is 5.91 Å². The molecule has 1 N–H and O–H groups in total. The Morgan fingerprint density at radius 3 is 2.67 bits per heavy atom. The van der Waals surface area contributed by atoms with Gasteiger partial charge in [0, 0.05) is 11.7 Å². The van der Waals surface area contributed by atoms with Gasteiger partial charge in [-0.05, 0) is 37.3 Å². The summed E-state index contributed by atoms with van der Waals surface area (Å²) in [6.45, 7) is -0.211. The lowest BCUT2D eigenvalue weighted by Crippen LogP contribution is -2.43. The van der Waals surface area contributed by atoms with E-state index in [1.54, 1.807) is 17.0 Å². The van der Waals surface area contributed by atoms with Crippen molar-refractivity contribution < 1.29 is 14.4 Å². The van der Waals surface area contributed by atoms with E-state index in [4.69, 9.17) is 0 Å². The van der Waals surface area contributed by atoms with E-state index in [-0.39, 0.29) is 36.5 Å². The molecular formula is C18H21N3O3. The van der Waals surface area contributed by atoms with Gasteiger partial charge < -0.3 is 10.2 Å². The van der Waals surface area contributed by atoms with Crippen molar-refractivity contribution in [2.75, 3.05) is 11.9 Å². The van der Waals surface area contributed by atoms with E-state index in [1.165, 1.54) is 6.42 Å². The van der Waals surface area contributed by atoms with Crippen LogP contribution in [-0.4, -0.2) is 46.3 Å². The Hall–Kier alpha value is -2.37. The Labute approximate surface area is 140 Å². The molecular weight excluding hydrogens is 306 g/mol. The molecule has 2 heterocycles. The van der Waals surface area contributed by atoms with Gasteiger partial charge in [0.05, 0.1) is 0 Å². The standard InChI is InChI=1S/C18H21N3O3/c22-16(19-13-7-2-1-3-8-13)11-20-17(23)15-10-12-6-4-5-9-14(12)21(15)18(20)24/h1-3,7-8,12,14-15H,4-6,9-11H2,(H,19,22). The predicted octanol–water partition coefficient (Wildman–Crippen LogP) is 2.22. The number of imide groups is 1. The molecule has 6 heteroatoms. The minimum absolute atomic E-state index is 0.183. The molecule has 24 heavy (non-hydrogen) atoms. The minimum Gasteiger partial charge on any atom is -0.325 e. The Morgan fingerprint density at radius 2 is 1.88 bits per heavy atom. The van der Waals surface area contributed by atoms with Crippen LogP contribution in [0, 0.1) is 5.92 Å². The highest BCUT2D eigenvalue weighted by atomic mass is 16.2. The molecule has 0 aromatic heterocycles. The fourth-order valence-electron chi connectivity index (χ4n) is 4.38. The molecule has 2 saturated heterocycles. The number of nitrogens with zero attached hydrogens (tertiary/aromatic N) is 2. The van der Waals surface area contributed by atoms with Crippen molar-refractivity contribution in [2.24, 2.45) is 5.92 Å². The quantitative estimate of drug-likeness (QED) is 0.866. The number of carbonyl (C=O) groups excluding carboxylic acids is 3. The summed E-state index contributed by atoms with van der Waals surface area (Å²) in [5, 5.41) is 2.73. The number of nitrogens with one attached hydrogen (secondary N) is 1. The van der Waals surface area contributed by atoms with Crippen molar-refractivity contribution >= 4 is 23.5 Å². The first kappa shape index (κ1) is 15.2. The van der Waals surface area contributed by atoms with Crippen molar-refractivity contribution in [3.8, 4) is 0 Å². The van der Waals surface area contributed by atoms with E-state index in [1.807, 2.05) is 18.2 Å². The fraction of sp³-hybridized carbons (Fsp3) is 0.500. The van der Waals surface area contributed by atoms with Crippen molar-refractivity contribution in [3.63, 3.8) is 0 Å². The molecule has 4 rings (SSSR count). The van der Waals surface area contributed by atoms with Crippen molar-refractivity contribution in [3.05, 3.63) is 30.3 Å². The van der Waals surface area contributed by atoms with Crippen LogP contribution in [0.3, 0.4) is 0 Å². The van der Waals surface area contributed by atoms with Crippen LogP contribution in [0.15, 0.2) is 30.3 Å². The van der Waals surface area contributed by atoms with Crippen molar-refractivity contribution in [2.45, 2.75) is 44.2 Å². The maximum Gasteiger partial charge on any atom is 0.328 e. The number of amides is 4. The van der Waals surface area contributed by atoms with Crippen LogP contribution in [-0.2, 0) is 9.59 Å². The second kappa shape index (κ2) is 5.92. The summed E-state index contributed by atoms with van der Waals surface area (Å²) < 4.78 is 0. The van der Waals surface area contributed by atoms with E-state index in [0.717, 1.165) is 30.6 Å². The van der Waals surface area contributed by atoms with Gasteiger partial charge in [-0.1, -0.05) is 31.0 Å². The monoisotopic (exact) mass is 327 g/mol. The Kier molecular flexibility index (Phi) is 3.75. The van der Waals surface area contributed by atoms with Crippen LogP contribution in [0.1, 0.15) is 32.1 Å². The van der Waals surface area contributed by atoms with Crippen LogP contribution in [0.2, 0.25) is 0 Å². The van der Waals surface area contributed by atoms with Crippen molar-refractivity contribution in [1.82, 2.24) is 9.80 Å². The van der Waals surface area contributed by atoms with E-state index < -0.39 is 0 Å². The molecule has 6 nitrogen and oxygen atoms in total. The van der Waals surface area contributed by atoms with Gasteiger partial charge in [0.2, 0.25) is 5.91 Å². The highest BCUT2D eigenvalue weighted by molar-refractivity contribution is 6.08. The number of rotatable bonds is 3. The highest BCUT2D eigenvalue weighted by Crippen LogP contribution is 2.43. The van der Waals surface area contributed by atoms with Gasteiger partial charge in [-0.2, -0.15) is 0 Å². The molecule has 3 unspecified atom stereocenters. The number of carbonyl (C=O) groups is 3. The van der Waals surface area contributed by atoms with E-state index in [9.17, 15) is 14.4 Å². The fourth-order valence-corrected chi connectivity index (χ4v) is 4.38. The normalized spacial score (nSPS) is 28.8. The molecule has 3 aliphatic rings. The molecule has 0 bridgehead atoms. The molecule has 3 atom stereocenters. The molecule has 1 aliphatic carbocycles. The van der Waals surface area contributed by atoms with Crippen molar-refractivity contribution in [1.29, 1.82) is 0 Å². The average Bonchev–Trinajstić information content (AvgIpc) is 3.08. The zero-order chi connectivity index (χ0) is 16.7. The molecule has 1 aromatic carbocycles. The lowest BCUT2D eigenvalue weighted by atomic mass is 9.84. The van der Waals surface area contributed by atoms with Crippen LogP contribution < -0.4 is 5.32 Å². The summed E-state index contributed by atoms with van der Waals surface area (Å²) in [6, 6.07) is 8.59. The lowest BCUT2D eigenvalue weighted by molar-refractivity contribution is -0.131. The van der Waals surface area contributed by atoms with Gasteiger partial charge in [0.1, 0.15) is 12.6 Å². The third-order valence-corrected chi connectivity index (χ3v) is 5.45. The Bertz CT molecular complexity index is 675. The first-order chi connectivity index (χ1) is 11.6. The first-order valence-electron chi connectivity index (χ1n) is 8.64. The topological polar surface area (TPSA) is 69.7 Å². The second-order valence-corrected chi connectivity index (χ2v) is 6.89. The smallest absolute Gasteiger partial charge is 0.325 e. The number of urea groups is 1. The molecule has 1 aromatic rings. The lowest BCUT2D eigenvalue weighted by Gasteiger charge is -2.30.